The summed E-state index contributed by atoms with van der Waals surface area (Å²) in [6, 6.07) is 0. The van der Waals surface area contributed by atoms with Crippen LogP contribution in [0.2, 0.25) is 0 Å². The van der Waals surface area contributed by atoms with Crippen LogP contribution < -0.4 is 5.32 Å². The normalized spacial score (nSPS) is 36.5. The van der Waals surface area contributed by atoms with Gasteiger partial charge in [0.05, 0.1) is 0 Å². The molecule has 0 radical (unpaired) electrons. The van der Waals surface area contributed by atoms with Gasteiger partial charge in [0.2, 0.25) is 0 Å². The van der Waals surface area contributed by atoms with Gasteiger partial charge in [0, 0.05) is 26.2 Å². The van der Waals surface area contributed by atoms with Gasteiger partial charge in [-0.15, -0.1) is 0 Å². The zero-order valence-electron chi connectivity index (χ0n) is 8.37. The first kappa shape index (κ1) is 9.44. The van der Waals surface area contributed by atoms with Crippen LogP contribution in [0.4, 0.5) is 0 Å². The molecule has 0 aromatic rings. The van der Waals surface area contributed by atoms with Crippen LogP contribution in [0.1, 0.15) is 6.92 Å². The summed E-state index contributed by atoms with van der Waals surface area (Å²) in [6.45, 7) is 8.40. The Labute approximate surface area is 80.1 Å². The van der Waals surface area contributed by atoms with E-state index in [0.29, 0.717) is 12.5 Å². The molecule has 0 aromatic heterocycles. The molecule has 3 atom stereocenters. The zero-order valence-corrected chi connectivity index (χ0v) is 8.37. The maximum Gasteiger partial charge on any atom is 0.0468 e. The van der Waals surface area contributed by atoms with Crippen LogP contribution in [0.25, 0.3) is 0 Å². The molecule has 2 aliphatic heterocycles. The highest BCUT2D eigenvalue weighted by Crippen LogP contribution is 2.26. The number of aliphatic hydroxyl groups is 1. The second-order valence-corrected chi connectivity index (χ2v) is 4.68. The van der Waals surface area contributed by atoms with Gasteiger partial charge in [-0.2, -0.15) is 0 Å². The van der Waals surface area contributed by atoms with E-state index < -0.39 is 0 Å². The lowest BCUT2D eigenvalue weighted by Gasteiger charge is -2.20. The summed E-state index contributed by atoms with van der Waals surface area (Å²) in [5.74, 6) is 2.20. The summed E-state index contributed by atoms with van der Waals surface area (Å²) in [7, 11) is 0. The summed E-state index contributed by atoms with van der Waals surface area (Å²) >= 11 is 0. The van der Waals surface area contributed by atoms with E-state index in [9.17, 15) is 0 Å². The molecule has 0 aliphatic carbocycles. The van der Waals surface area contributed by atoms with Crippen molar-refractivity contribution in [3.8, 4) is 0 Å². The van der Waals surface area contributed by atoms with Gasteiger partial charge in [0.15, 0.2) is 0 Å². The molecule has 3 unspecified atom stereocenters. The predicted molar refractivity (Wildman–Crippen MR) is 52.5 cm³/mol. The molecule has 2 N–H and O–H groups in total. The van der Waals surface area contributed by atoms with Crippen molar-refractivity contribution in [2.45, 2.75) is 6.92 Å². The van der Waals surface area contributed by atoms with Crippen molar-refractivity contribution < 1.29 is 5.11 Å². The van der Waals surface area contributed by atoms with E-state index in [1.807, 2.05) is 0 Å². The van der Waals surface area contributed by atoms with Crippen LogP contribution in [0.3, 0.4) is 0 Å². The van der Waals surface area contributed by atoms with Gasteiger partial charge in [-0.25, -0.2) is 0 Å². The molecule has 2 rings (SSSR count). The highest BCUT2D eigenvalue weighted by molar-refractivity contribution is 4.91. The Morgan fingerprint density at radius 1 is 1.38 bits per heavy atom. The van der Waals surface area contributed by atoms with Crippen molar-refractivity contribution in [3.63, 3.8) is 0 Å². The first-order chi connectivity index (χ1) is 6.29. The Bertz CT molecular complexity index is 160. The maximum atomic E-state index is 8.96. The molecule has 2 saturated heterocycles. The third-order valence-corrected chi connectivity index (χ3v) is 3.35. The van der Waals surface area contributed by atoms with Crippen LogP contribution in [0.15, 0.2) is 0 Å². The van der Waals surface area contributed by atoms with Crippen LogP contribution in [-0.4, -0.2) is 49.3 Å². The number of nitrogens with zero attached hydrogens (tertiary/aromatic N) is 1. The summed E-state index contributed by atoms with van der Waals surface area (Å²) in [5, 5.41) is 12.4. The second-order valence-electron chi connectivity index (χ2n) is 4.68. The first-order valence-corrected chi connectivity index (χ1v) is 5.33. The second kappa shape index (κ2) is 3.95. The lowest BCUT2D eigenvalue weighted by atomic mass is 10.0. The van der Waals surface area contributed by atoms with Gasteiger partial charge >= 0.3 is 0 Å². The summed E-state index contributed by atoms with van der Waals surface area (Å²) in [5.41, 5.74) is 0. The third kappa shape index (κ3) is 2.03. The summed E-state index contributed by atoms with van der Waals surface area (Å²) in [4.78, 5) is 2.51. The molecule has 0 bridgehead atoms. The maximum absolute atomic E-state index is 8.96. The molecule has 2 heterocycles. The first-order valence-electron chi connectivity index (χ1n) is 5.33. The zero-order chi connectivity index (χ0) is 9.26. The van der Waals surface area contributed by atoms with Gasteiger partial charge in [0.1, 0.15) is 0 Å². The van der Waals surface area contributed by atoms with E-state index in [1.54, 1.807) is 0 Å². The standard InChI is InChI=1S/C10H20N2O/c1-8(7-13)4-12-5-9-2-11-3-10(9)6-12/h8-11,13H,2-7H2,1H3. The highest BCUT2D eigenvalue weighted by atomic mass is 16.3. The van der Waals surface area contributed by atoms with E-state index in [4.69, 9.17) is 5.11 Å². The van der Waals surface area contributed by atoms with Gasteiger partial charge < -0.3 is 15.3 Å². The molecule has 3 heteroatoms. The monoisotopic (exact) mass is 184 g/mol. The van der Waals surface area contributed by atoms with E-state index >= 15 is 0 Å². The van der Waals surface area contributed by atoms with E-state index in [0.717, 1.165) is 18.4 Å². The largest absolute Gasteiger partial charge is 0.396 e. The molecule has 3 nitrogen and oxygen atoms in total. The predicted octanol–water partition coefficient (Wildman–Crippen LogP) is -0.234. The minimum atomic E-state index is 0.323. The third-order valence-electron chi connectivity index (χ3n) is 3.35. The smallest absolute Gasteiger partial charge is 0.0468 e. The number of nitrogens with one attached hydrogen (secondary N) is 1. The average molecular weight is 184 g/mol. The molecule has 0 saturated carbocycles. The number of fused-ring (bicyclic) bond motifs is 1. The van der Waals surface area contributed by atoms with Crippen LogP contribution >= 0.6 is 0 Å². The molecule has 0 spiro atoms. The van der Waals surface area contributed by atoms with E-state index in [1.165, 1.54) is 26.2 Å². The number of hydrogen-bond donors (Lipinski definition) is 2. The molecule has 0 aromatic carbocycles. The summed E-state index contributed by atoms with van der Waals surface area (Å²) < 4.78 is 0. The lowest BCUT2D eigenvalue weighted by Crippen LogP contribution is -2.30. The topological polar surface area (TPSA) is 35.5 Å². The summed E-state index contributed by atoms with van der Waals surface area (Å²) in [6.07, 6.45) is 0. The van der Waals surface area contributed by atoms with E-state index in [2.05, 4.69) is 17.1 Å². The van der Waals surface area contributed by atoms with Gasteiger partial charge in [-0.05, 0) is 30.8 Å². The van der Waals surface area contributed by atoms with Crippen LogP contribution in [-0.2, 0) is 0 Å². The molecular weight excluding hydrogens is 164 g/mol. The Balaban J connectivity index is 1.78. The minimum Gasteiger partial charge on any atom is -0.396 e. The lowest BCUT2D eigenvalue weighted by molar-refractivity contribution is 0.185. The Hall–Kier alpha value is -0.120. The van der Waals surface area contributed by atoms with Crippen molar-refractivity contribution in [2.24, 2.45) is 17.8 Å². The van der Waals surface area contributed by atoms with Gasteiger partial charge in [-0.1, -0.05) is 6.92 Å². The Morgan fingerprint density at radius 3 is 2.54 bits per heavy atom. The van der Waals surface area contributed by atoms with Gasteiger partial charge in [0.25, 0.3) is 0 Å². The minimum absolute atomic E-state index is 0.323. The Kier molecular flexibility index (Phi) is 2.86. The van der Waals surface area contributed by atoms with E-state index in [-0.39, 0.29) is 0 Å². The van der Waals surface area contributed by atoms with Crippen LogP contribution in [0.5, 0.6) is 0 Å². The number of aliphatic hydroxyl groups excluding tert-OH is 1. The molecule has 2 aliphatic rings. The fourth-order valence-corrected chi connectivity index (χ4v) is 2.60. The van der Waals surface area contributed by atoms with Crippen LogP contribution in [0, 0.1) is 17.8 Å². The van der Waals surface area contributed by atoms with Crippen molar-refractivity contribution >= 4 is 0 Å². The number of hydrogen-bond acceptors (Lipinski definition) is 3. The molecular formula is C10H20N2O. The highest BCUT2D eigenvalue weighted by Gasteiger charge is 2.35. The van der Waals surface area contributed by atoms with Gasteiger partial charge in [-0.3, -0.25) is 0 Å². The number of likely N-dealkylation sites (tertiary alicyclic amines) is 1. The molecule has 0 amide bonds. The van der Waals surface area contributed by atoms with Crippen molar-refractivity contribution in [1.29, 1.82) is 0 Å². The average Bonchev–Trinajstić information content (AvgIpc) is 2.63. The Morgan fingerprint density at radius 2 is 2.00 bits per heavy atom. The SMILES string of the molecule is CC(CO)CN1CC2CNCC2C1. The molecule has 13 heavy (non-hydrogen) atoms. The molecule has 2 fully saturated rings. The fraction of sp³-hybridized carbons (Fsp3) is 1.00. The molecule has 76 valence electrons. The van der Waals surface area contributed by atoms with Crippen molar-refractivity contribution in [1.82, 2.24) is 10.2 Å². The number of rotatable bonds is 3. The quantitative estimate of drug-likeness (QED) is 0.636. The fourth-order valence-electron chi connectivity index (χ4n) is 2.60. The van der Waals surface area contributed by atoms with Crippen molar-refractivity contribution in [3.05, 3.63) is 0 Å². The van der Waals surface area contributed by atoms with Crippen molar-refractivity contribution in [2.75, 3.05) is 39.3 Å².